The highest BCUT2D eigenvalue weighted by Gasteiger charge is 2.42. The number of benzene rings is 3. The van der Waals surface area contributed by atoms with Gasteiger partial charge in [-0.1, -0.05) is 18.2 Å². The van der Waals surface area contributed by atoms with Gasteiger partial charge in [0.15, 0.2) is 9.84 Å². The standard InChI is InChI=1S/C37H37FIN5O8S/c1-21-31(40-24-8-7-9-26(17-24)53(49,50)27-19-42(20-27)36(48)52-37(2,3)4)30-32(41(5)33(21)45)44(29-15-12-23(39)16-28(29)38)35(47)43(34(30)46)18-22-10-13-25(51-6)14-11-22/h7-17,27,40H,18-20H2,1-6H3. The normalized spacial score (nSPS) is 13.5. The summed E-state index contributed by atoms with van der Waals surface area (Å²) in [5.74, 6) is -0.186. The zero-order valence-corrected chi connectivity index (χ0v) is 32.7. The Bertz CT molecular complexity index is 2570. The van der Waals surface area contributed by atoms with Crippen LogP contribution in [0, 0.1) is 16.3 Å². The minimum Gasteiger partial charge on any atom is -0.497 e. The molecule has 1 fully saturated rings. The van der Waals surface area contributed by atoms with Crippen LogP contribution < -0.4 is 26.9 Å². The van der Waals surface area contributed by atoms with Crippen molar-refractivity contribution in [1.29, 1.82) is 0 Å². The van der Waals surface area contributed by atoms with Gasteiger partial charge in [0.2, 0.25) is 0 Å². The highest BCUT2D eigenvalue weighted by Crippen LogP contribution is 2.31. The maximum Gasteiger partial charge on any atom is 0.410 e. The molecule has 1 N–H and O–H groups in total. The Morgan fingerprint density at radius 2 is 1.68 bits per heavy atom. The van der Waals surface area contributed by atoms with Crippen molar-refractivity contribution in [1.82, 2.24) is 18.6 Å². The first-order chi connectivity index (χ1) is 24.9. The Labute approximate surface area is 317 Å². The molecule has 278 valence electrons. The predicted octanol–water partition coefficient (Wildman–Crippen LogP) is 5.10. The van der Waals surface area contributed by atoms with Gasteiger partial charge in [0.1, 0.15) is 33.5 Å². The number of carbonyl (C=O) groups excluding carboxylic acids is 1. The van der Waals surface area contributed by atoms with Crippen LogP contribution in [0.15, 0.2) is 86.0 Å². The van der Waals surface area contributed by atoms with Crippen molar-refractivity contribution < 1.29 is 27.1 Å². The highest BCUT2D eigenvalue weighted by molar-refractivity contribution is 14.1. The Morgan fingerprint density at radius 3 is 2.30 bits per heavy atom. The third-order valence-electron chi connectivity index (χ3n) is 8.91. The summed E-state index contributed by atoms with van der Waals surface area (Å²) in [6, 6.07) is 16.9. The quantitative estimate of drug-likeness (QED) is 0.211. The lowest BCUT2D eigenvalue weighted by atomic mass is 10.1. The third-order valence-corrected chi connectivity index (χ3v) is 11.7. The van der Waals surface area contributed by atoms with E-state index in [1.54, 1.807) is 57.2 Å². The number of fused-ring (bicyclic) bond motifs is 1. The van der Waals surface area contributed by atoms with Crippen LogP contribution in [0.3, 0.4) is 0 Å². The fourth-order valence-electron chi connectivity index (χ4n) is 6.11. The van der Waals surface area contributed by atoms with E-state index in [1.807, 2.05) is 22.6 Å². The van der Waals surface area contributed by atoms with Gasteiger partial charge in [0, 0.05) is 35.0 Å². The molecular weight excluding hydrogens is 820 g/mol. The molecule has 0 bridgehead atoms. The van der Waals surface area contributed by atoms with Crippen LogP contribution >= 0.6 is 22.6 Å². The first-order valence-electron chi connectivity index (χ1n) is 16.5. The largest absolute Gasteiger partial charge is 0.497 e. The van der Waals surface area contributed by atoms with E-state index in [2.05, 4.69) is 5.32 Å². The number of carbonyl (C=O) groups is 1. The number of amides is 1. The SMILES string of the molecule is COc1ccc(Cn2c(=O)c3c(Nc4cccc(S(=O)(=O)C5CN(C(=O)OC(C)(C)C)C5)c4)c(C)c(=O)n(C)c3n(-c3ccc(I)cc3F)c2=O)cc1. The highest BCUT2D eigenvalue weighted by atomic mass is 127. The molecule has 0 radical (unpaired) electrons. The van der Waals surface area contributed by atoms with E-state index >= 15 is 4.39 Å². The summed E-state index contributed by atoms with van der Waals surface area (Å²) in [5.41, 5.74) is -2.36. The van der Waals surface area contributed by atoms with Crippen LogP contribution in [0.5, 0.6) is 5.75 Å². The van der Waals surface area contributed by atoms with Gasteiger partial charge < -0.3 is 19.7 Å². The summed E-state index contributed by atoms with van der Waals surface area (Å²) in [6.45, 7) is 6.38. The number of likely N-dealkylation sites (tertiary alicyclic amines) is 1. The zero-order chi connectivity index (χ0) is 38.6. The number of ether oxygens (including phenoxy) is 2. The van der Waals surface area contributed by atoms with Gasteiger partial charge in [0.25, 0.3) is 11.1 Å². The van der Waals surface area contributed by atoms with Crippen molar-refractivity contribution in [3.63, 3.8) is 0 Å². The molecule has 6 rings (SSSR count). The molecular formula is C37H37FIN5O8S. The van der Waals surface area contributed by atoms with Crippen LogP contribution in [0.2, 0.25) is 0 Å². The number of nitrogens with one attached hydrogen (secondary N) is 1. The number of anilines is 2. The van der Waals surface area contributed by atoms with Gasteiger partial charge in [-0.05, 0) is 104 Å². The third kappa shape index (κ3) is 7.21. The molecule has 53 heavy (non-hydrogen) atoms. The molecule has 1 amide bonds. The molecule has 0 spiro atoms. The molecule has 0 unspecified atom stereocenters. The van der Waals surface area contributed by atoms with Gasteiger partial charge in [-0.15, -0.1) is 0 Å². The average Bonchev–Trinajstić information content (AvgIpc) is 3.07. The van der Waals surface area contributed by atoms with Crippen LogP contribution in [-0.4, -0.2) is 64.2 Å². The van der Waals surface area contributed by atoms with Crippen molar-refractivity contribution in [2.24, 2.45) is 7.05 Å². The number of hydrogen-bond donors (Lipinski definition) is 1. The summed E-state index contributed by atoms with van der Waals surface area (Å²) >= 11 is 1.94. The number of halogens is 2. The van der Waals surface area contributed by atoms with Crippen molar-refractivity contribution in [3.8, 4) is 11.4 Å². The second-order valence-corrected chi connectivity index (χ2v) is 17.2. The second-order valence-electron chi connectivity index (χ2n) is 13.7. The summed E-state index contributed by atoms with van der Waals surface area (Å²) in [5, 5.41) is 2.11. The molecule has 1 aliphatic heterocycles. The smallest absolute Gasteiger partial charge is 0.410 e. The van der Waals surface area contributed by atoms with Gasteiger partial charge in [-0.2, -0.15) is 0 Å². The minimum absolute atomic E-state index is 0.0190. The Morgan fingerprint density at radius 1 is 1.00 bits per heavy atom. The van der Waals surface area contributed by atoms with Crippen LogP contribution in [0.25, 0.3) is 16.7 Å². The lowest BCUT2D eigenvalue weighted by molar-refractivity contribution is 0.0139. The van der Waals surface area contributed by atoms with Gasteiger partial charge in [-0.25, -0.2) is 27.0 Å². The van der Waals surface area contributed by atoms with E-state index in [1.165, 1.54) is 56.3 Å². The van der Waals surface area contributed by atoms with Gasteiger partial charge in [0.05, 0.1) is 29.9 Å². The summed E-state index contributed by atoms with van der Waals surface area (Å²) in [7, 11) is -1.02. The van der Waals surface area contributed by atoms with Crippen LogP contribution in [0.1, 0.15) is 31.9 Å². The molecule has 2 aromatic heterocycles. The number of pyridine rings is 1. The van der Waals surface area contributed by atoms with Crippen molar-refractivity contribution in [2.75, 3.05) is 25.5 Å². The number of sulfone groups is 1. The lowest BCUT2D eigenvalue weighted by Crippen LogP contribution is -2.57. The van der Waals surface area contributed by atoms with Crippen molar-refractivity contribution in [2.45, 2.75) is 50.0 Å². The molecule has 16 heteroatoms. The molecule has 1 saturated heterocycles. The van der Waals surface area contributed by atoms with Crippen LogP contribution in [-0.2, 0) is 28.2 Å². The fraction of sp³-hybridized carbons (Fsp3) is 0.297. The first-order valence-corrected chi connectivity index (χ1v) is 19.1. The number of aromatic nitrogens is 3. The van der Waals surface area contributed by atoms with E-state index in [4.69, 9.17) is 9.47 Å². The number of rotatable bonds is 8. The van der Waals surface area contributed by atoms with E-state index in [-0.39, 0.29) is 58.2 Å². The molecule has 5 aromatic rings. The maximum atomic E-state index is 15.7. The molecule has 3 heterocycles. The molecule has 0 atom stereocenters. The summed E-state index contributed by atoms with van der Waals surface area (Å²) in [6.07, 6.45) is -0.603. The number of aryl methyl sites for hydroxylation is 1. The van der Waals surface area contributed by atoms with E-state index in [9.17, 15) is 27.6 Å². The van der Waals surface area contributed by atoms with E-state index in [0.29, 0.717) is 14.9 Å². The number of nitrogens with zero attached hydrogens (tertiary/aromatic N) is 4. The topological polar surface area (TPSA) is 151 Å². The van der Waals surface area contributed by atoms with Crippen molar-refractivity contribution >= 4 is 60.9 Å². The van der Waals surface area contributed by atoms with Crippen molar-refractivity contribution in [3.05, 3.63) is 118 Å². The molecule has 0 aliphatic carbocycles. The molecule has 0 saturated carbocycles. The molecule has 3 aromatic carbocycles. The van der Waals surface area contributed by atoms with Crippen LogP contribution in [0.4, 0.5) is 20.6 Å². The van der Waals surface area contributed by atoms with E-state index in [0.717, 1.165) is 13.7 Å². The Hall–Kier alpha value is -4.97. The molecule has 13 nitrogen and oxygen atoms in total. The first kappa shape index (κ1) is 37.8. The average molecular weight is 858 g/mol. The summed E-state index contributed by atoms with van der Waals surface area (Å²) < 4.78 is 57.3. The second kappa shape index (κ2) is 14.1. The summed E-state index contributed by atoms with van der Waals surface area (Å²) in [4.78, 5) is 56.2. The van der Waals surface area contributed by atoms with E-state index < -0.39 is 49.4 Å². The maximum absolute atomic E-state index is 15.7. The number of hydrogen-bond acceptors (Lipinski definition) is 9. The monoisotopic (exact) mass is 857 g/mol. The Balaban J connectivity index is 1.49. The van der Waals surface area contributed by atoms with Gasteiger partial charge >= 0.3 is 11.8 Å². The lowest BCUT2D eigenvalue weighted by Gasteiger charge is -2.39. The Kier molecular flexibility index (Phi) is 10.1. The molecule has 1 aliphatic rings. The number of methoxy groups -OCH3 is 1. The fourth-order valence-corrected chi connectivity index (χ4v) is 8.26. The van der Waals surface area contributed by atoms with Gasteiger partial charge in [-0.3, -0.25) is 18.7 Å². The predicted molar refractivity (Wildman–Crippen MR) is 207 cm³/mol. The zero-order valence-electron chi connectivity index (χ0n) is 29.8. The minimum atomic E-state index is -3.92.